The Hall–Kier alpha value is -0.130. The van der Waals surface area contributed by atoms with Crippen LogP contribution in [0.25, 0.3) is 0 Å². The van der Waals surface area contributed by atoms with E-state index < -0.39 is 10.0 Å². The second-order valence-electron chi connectivity index (χ2n) is 3.74. The summed E-state index contributed by atoms with van der Waals surface area (Å²) in [6.45, 7) is 5.71. The molecule has 0 spiro atoms. The van der Waals surface area contributed by atoms with E-state index in [4.69, 9.17) is 5.73 Å². The van der Waals surface area contributed by atoms with Crippen LogP contribution in [0.1, 0.15) is 20.8 Å². The van der Waals surface area contributed by atoms with Crippen LogP contribution in [-0.4, -0.2) is 37.6 Å². The number of hydrogen-bond donors (Lipinski definition) is 1. The lowest BCUT2D eigenvalue weighted by Gasteiger charge is -2.30. The van der Waals surface area contributed by atoms with Gasteiger partial charge in [0.15, 0.2) is 0 Å². The van der Waals surface area contributed by atoms with Gasteiger partial charge in [0.2, 0.25) is 10.0 Å². The van der Waals surface area contributed by atoms with Crippen LogP contribution >= 0.6 is 0 Å². The fraction of sp³-hybridized carbons (Fsp3) is 1.00. The summed E-state index contributed by atoms with van der Waals surface area (Å²) in [4.78, 5) is 0. The summed E-state index contributed by atoms with van der Waals surface area (Å²) in [7, 11) is -1.59. The van der Waals surface area contributed by atoms with E-state index in [1.165, 1.54) is 4.31 Å². The predicted molar refractivity (Wildman–Crippen MR) is 50.4 cm³/mol. The van der Waals surface area contributed by atoms with Crippen molar-refractivity contribution in [3.05, 3.63) is 0 Å². The monoisotopic (exact) mass is 194 g/mol. The fourth-order valence-electron chi connectivity index (χ4n) is 0.703. The van der Waals surface area contributed by atoms with Crippen LogP contribution in [-0.2, 0) is 10.0 Å². The van der Waals surface area contributed by atoms with E-state index in [1.807, 2.05) is 20.8 Å². The molecule has 0 saturated carbocycles. The standard InChI is InChI=1S/C7H18N2O2S/c1-7(2,3)9(4)12(10,11)6-5-8/h5-6,8H2,1-4H3. The second-order valence-corrected chi connectivity index (χ2v) is 5.86. The van der Waals surface area contributed by atoms with Gasteiger partial charge >= 0.3 is 0 Å². The topological polar surface area (TPSA) is 63.4 Å². The van der Waals surface area contributed by atoms with Crippen molar-refractivity contribution in [3.8, 4) is 0 Å². The molecule has 2 N–H and O–H groups in total. The Kier molecular flexibility index (Phi) is 3.68. The van der Waals surface area contributed by atoms with Gasteiger partial charge < -0.3 is 5.73 Å². The third-order valence-corrected chi connectivity index (χ3v) is 3.87. The van der Waals surface area contributed by atoms with Crippen molar-refractivity contribution in [2.24, 2.45) is 5.73 Å². The first-order chi connectivity index (χ1) is 5.22. The molecule has 0 amide bonds. The normalized spacial score (nSPS) is 13.8. The van der Waals surface area contributed by atoms with Gasteiger partial charge in [-0.15, -0.1) is 0 Å². The zero-order valence-corrected chi connectivity index (χ0v) is 8.98. The molecular formula is C7H18N2O2S. The van der Waals surface area contributed by atoms with Gasteiger partial charge in [0.25, 0.3) is 0 Å². The van der Waals surface area contributed by atoms with Gasteiger partial charge in [0, 0.05) is 19.1 Å². The highest BCUT2D eigenvalue weighted by molar-refractivity contribution is 7.89. The molecule has 0 aliphatic heterocycles. The lowest BCUT2D eigenvalue weighted by molar-refractivity contribution is 0.292. The molecule has 5 heteroatoms. The molecule has 0 aromatic rings. The van der Waals surface area contributed by atoms with Crippen molar-refractivity contribution in [2.45, 2.75) is 26.3 Å². The molecule has 74 valence electrons. The minimum absolute atomic E-state index is 0.0147. The van der Waals surface area contributed by atoms with Gasteiger partial charge in [-0.05, 0) is 20.8 Å². The molecule has 0 heterocycles. The Balaban J connectivity index is 4.59. The zero-order valence-electron chi connectivity index (χ0n) is 8.16. The number of nitrogens with two attached hydrogens (primary N) is 1. The number of hydrogen-bond acceptors (Lipinski definition) is 3. The van der Waals surface area contributed by atoms with Gasteiger partial charge in [0.05, 0.1) is 5.75 Å². The van der Waals surface area contributed by atoms with Crippen molar-refractivity contribution in [1.82, 2.24) is 4.31 Å². The SMILES string of the molecule is CN(C(C)(C)C)S(=O)(=O)CCN. The fourth-order valence-corrected chi connectivity index (χ4v) is 2.11. The van der Waals surface area contributed by atoms with E-state index in [2.05, 4.69) is 0 Å². The molecule has 0 atom stereocenters. The molecule has 0 aliphatic rings. The summed E-state index contributed by atoms with van der Waals surface area (Å²) in [6, 6.07) is 0. The summed E-state index contributed by atoms with van der Waals surface area (Å²) >= 11 is 0. The van der Waals surface area contributed by atoms with Crippen LogP contribution in [0, 0.1) is 0 Å². The zero-order chi connectivity index (χ0) is 9.99. The highest BCUT2D eigenvalue weighted by atomic mass is 32.2. The van der Waals surface area contributed by atoms with E-state index in [9.17, 15) is 8.42 Å². The van der Waals surface area contributed by atoms with E-state index in [0.717, 1.165) is 0 Å². The highest BCUT2D eigenvalue weighted by Crippen LogP contribution is 2.14. The van der Waals surface area contributed by atoms with Crippen LogP contribution in [0.2, 0.25) is 0 Å². The third kappa shape index (κ3) is 3.08. The molecule has 0 fully saturated rings. The van der Waals surface area contributed by atoms with Crippen molar-refractivity contribution in [1.29, 1.82) is 0 Å². The van der Waals surface area contributed by atoms with Crippen LogP contribution in [0.15, 0.2) is 0 Å². The largest absolute Gasteiger partial charge is 0.329 e. The first-order valence-corrected chi connectivity index (χ1v) is 5.49. The Morgan fingerprint density at radius 1 is 1.33 bits per heavy atom. The molecule has 0 rings (SSSR count). The molecule has 0 radical (unpaired) electrons. The molecule has 0 saturated heterocycles. The lowest BCUT2D eigenvalue weighted by Crippen LogP contribution is -2.44. The highest BCUT2D eigenvalue weighted by Gasteiger charge is 2.27. The van der Waals surface area contributed by atoms with Gasteiger partial charge in [0.1, 0.15) is 0 Å². The number of nitrogens with zero attached hydrogens (tertiary/aromatic N) is 1. The first kappa shape index (κ1) is 11.9. The molecule has 0 unspecified atom stereocenters. The summed E-state index contributed by atoms with van der Waals surface area (Å²) < 4.78 is 24.2. The molecule has 4 nitrogen and oxygen atoms in total. The summed E-state index contributed by atoms with van der Waals surface area (Å²) in [5.41, 5.74) is 4.82. The van der Waals surface area contributed by atoms with Crippen LogP contribution in [0.4, 0.5) is 0 Å². The van der Waals surface area contributed by atoms with Crippen molar-refractivity contribution in [3.63, 3.8) is 0 Å². The molecule has 0 aromatic carbocycles. The minimum Gasteiger partial charge on any atom is -0.329 e. The van der Waals surface area contributed by atoms with E-state index in [0.29, 0.717) is 0 Å². The summed E-state index contributed by atoms with van der Waals surface area (Å²) in [5.74, 6) is 0.0147. The molecule has 0 bridgehead atoms. The summed E-state index contributed by atoms with van der Waals surface area (Å²) in [5, 5.41) is 0. The molecule has 0 aliphatic carbocycles. The smallest absolute Gasteiger partial charge is 0.215 e. The minimum atomic E-state index is -3.16. The Morgan fingerprint density at radius 3 is 2.00 bits per heavy atom. The van der Waals surface area contributed by atoms with Gasteiger partial charge in [-0.1, -0.05) is 0 Å². The first-order valence-electron chi connectivity index (χ1n) is 3.88. The average Bonchev–Trinajstić information content (AvgIpc) is 1.84. The maximum atomic E-state index is 11.4. The average molecular weight is 194 g/mol. The Labute approximate surface area is 74.8 Å². The predicted octanol–water partition coefficient (Wildman–Crippen LogP) is 0.00520. The molecule has 0 aromatic heterocycles. The van der Waals surface area contributed by atoms with Crippen LogP contribution in [0.5, 0.6) is 0 Å². The second kappa shape index (κ2) is 3.72. The van der Waals surface area contributed by atoms with Crippen LogP contribution < -0.4 is 5.73 Å². The van der Waals surface area contributed by atoms with E-state index >= 15 is 0 Å². The molecule has 12 heavy (non-hydrogen) atoms. The van der Waals surface area contributed by atoms with Gasteiger partial charge in [-0.25, -0.2) is 8.42 Å². The summed E-state index contributed by atoms with van der Waals surface area (Å²) in [6.07, 6.45) is 0. The van der Waals surface area contributed by atoms with Crippen molar-refractivity contribution < 1.29 is 8.42 Å². The maximum absolute atomic E-state index is 11.4. The Bertz CT molecular complexity index is 228. The molecular weight excluding hydrogens is 176 g/mol. The lowest BCUT2D eigenvalue weighted by atomic mass is 10.1. The van der Waals surface area contributed by atoms with Crippen molar-refractivity contribution in [2.75, 3.05) is 19.3 Å². The van der Waals surface area contributed by atoms with E-state index in [-0.39, 0.29) is 17.8 Å². The Morgan fingerprint density at radius 2 is 1.75 bits per heavy atom. The van der Waals surface area contributed by atoms with E-state index in [1.54, 1.807) is 7.05 Å². The van der Waals surface area contributed by atoms with Crippen molar-refractivity contribution >= 4 is 10.0 Å². The maximum Gasteiger partial charge on any atom is 0.215 e. The van der Waals surface area contributed by atoms with Crippen LogP contribution in [0.3, 0.4) is 0 Å². The number of rotatable bonds is 3. The van der Waals surface area contributed by atoms with Gasteiger partial charge in [-0.2, -0.15) is 4.31 Å². The third-order valence-electron chi connectivity index (χ3n) is 1.74. The quantitative estimate of drug-likeness (QED) is 0.688. The number of sulfonamides is 1. The van der Waals surface area contributed by atoms with Gasteiger partial charge in [-0.3, -0.25) is 0 Å².